The molecule has 0 atom stereocenters. The fourth-order valence-corrected chi connectivity index (χ4v) is 2.52. The van der Waals surface area contributed by atoms with Crippen LogP contribution in [0, 0.1) is 20.8 Å². The van der Waals surface area contributed by atoms with Crippen molar-refractivity contribution in [2.45, 2.75) is 33.6 Å². The molecule has 128 valence electrons. The Morgan fingerprint density at radius 2 is 1.67 bits per heavy atom. The zero-order chi connectivity index (χ0) is 17.4. The first kappa shape index (κ1) is 17.9. The first-order chi connectivity index (χ1) is 11.6. The van der Waals surface area contributed by atoms with Crippen LogP contribution in [0.5, 0.6) is 5.75 Å². The molecule has 0 fully saturated rings. The lowest BCUT2D eigenvalue weighted by Crippen LogP contribution is -2.38. The van der Waals surface area contributed by atoms with Crippen LogP contribution in [-0.4, -0.2) is 19.3 Å². The van der Waals surface area contributed by atoms with Gasteiger partial charge in [0, 0.05) is 6.54 Å². The molecule has 0 bridgehead atoms. The van der Waals surface area contributed by atoms with Crippen molar-refractivity contribution >= 4 is 6.03 Å². The molecule has 0 unspecified atom stereocenters. The van der Waals surface area contributed by atoms with Crippen molar-refractivity contribution in [2.24, 2.45) is 0 Å². The second-order valence-electron chi connectivity index (χ2n) is 5.96. The van der Waals surface area contributed by atoms with Gasteiger partial charge in [0.1, 0.15) is 5.75 Å². The fourth-order valence-electron chi connectivity index (χ4n) is 2.52. The minimum absolute atomic E-state index is 0.162. The van der Waals surface area contributed by atoms with Gasteiger partial charge < -0.3 is 15.4 Å². The van der Waals surface area contributed by atoms with Crippen LogP contribution in [0.1, 0.15) is 28.7 Å². The summed E-state index contributed by atoms with van der Waals surface area (Å²) in [6.07, 6.45) is 1.87. The van der Waals surface area contributed by atoms with Gasteiger partial charge in [0.2, 0.25) is 0 Å². The summed E-state index contributed by atoms with van der Waals surface area (Å²) in [7, 11) is 0. The Morgan fingerprint density at radius 1 is 0.958 bits per heavy atom. The summed E-state index contributed by atoms with van der Waals surface area (Å²) in [5.74, 6) is 0.847. The second-order valence-corrected chi connectivity index (χ2v) is 5.96. The van der Waals surface area contributed by atoms with Gasteiger partial charge in [-0.05, 0) is 55.9 Å². The number of benzene rings is 2. The van der Waals surface area contributed by atoms with E-state index in [1.165, 1.54) is 11.1 Å². The largest absolute Gasteiger partial charge is 0.473 e. The number of hydrogen-bond acceptors (Lipinski definition) is 2. The molecule has 2 N–H and O–H groups in total. The van der Waals surface area contributed by atoms with Crippen LogP contribution in [0.15, 0.2) is 42.5 Å². The van der Waals surface area contributed by atoms with Crippen LogP contribution >= 0.6 is 0 Å². The van der Waals surface area contributed by atoms with Crippen LogP contribution in [0.4, 0.5) is 4.79 Å². The number of hydrogen-bond donors (Lipinski definition) is 2. The van der Waals surface area contributed by atoms with E-state index in [-0.39, 0.29) is 12.8 Å². The van der Waals surface area contributed by atoms with Gasteiger partial charge in [-0.1, -0.05) is 42.5 Å². The number of carbonyl (C=O) groups is 1. The highest BCUT2D eigenvalue weighted by molar-refractivity contribution is 5.73. The molecule has 24 heavy (non-hydrogen) atoms. The highest BCUT2D eigenvalue weighted by Gasteiger charge is 2.07. The number of aryl methyl sites for hydroxylation is 3. The molecule has 0 aromatic heterocycles. The quantitative estimate of drug-likeness (QED) is 0.599. The Morgan fingerprint density at radius 3 is 2.42 bits per heavy atom. The van der Waals surface area contributed by atoms with Crippen molar-refractivity contribution in [1.29, 1.82) is 0 Å². The smallest absolute Gasteiger partial charge is 0.317 e. The van der Waals surface area contributed by atoms with Crippen LogP contribution in [0.3, 0.4) is 0 Å². The van der Waals surface area contributed by atoms with E-state index in [1.54, 1.807) is 0 Å². The molecule has 0 spiro atoms. The fraction of sp³-hybridized carbons (Fsp3) is 0.350. The van der Waals surface area contributed by atoms with Crippen LogP contribution in [-0.2, 0) is 6.42 Å². The molecule has 2 aromatic rings. The summed E-state index contributed by atoms with van der Waals surface area (Å²) in [6.45, 7) is 6.89. The molecule has 0 saturated carbocycles. The number of carbonyl (C=O) groups excluding carboxylic acids is 1. The number of ether oxygens (including phenoxy) is 1. The van der Waals surface area contributed by atoms with Crippen LogP contribution in [0.25, 0.3) is 0 Å². The van der Waals surface area contributed by atoms with Gasteiger partial charge in [-0.3, -0.25) is 0 Å². The minimum Gasteiger partial charge on any atom is -0.473 e. The number of nitrogens with one attached hydrogen (secondary N) is 2. The van der Waals surface area contributed by atoms with Gasteiger partial charge in [-0.25, -0.2) is 4.79 Å². The highest BCUT2D eigenvalue weighted by Crippen LogP contribution is 2.25. The van der Waals surface area contributed by atoms with E-state index in [0.29, 0.717) is 6.54 Å². The predicted molar refractivity (Wildman–Crippen MR) is 97.4 cm³/mol. The van der Waals surface area contributed by atoms with Crippen molar-refractivity contribution in [3.8, 4) is 5.75 Å². The van der Waals surface area contributed by atoms with E-state index >= 15 is 0 Å². The maximum atomic E-state index is 11.8. The zero-order valence-corrected chi connectivity index (χ0v) is 14.7. The summed E-state index contributed by atoms with van der Waals surface area (Å²) >= 11 is 0. The van der Waals surface area contributed by atoms with Gasteiger partial charge in [-0.15, -0.1) is 0 Å². The Hall–Kier alpha value is -2.49. The Labute approximate surface area is 144 Å². The van der Waals surface area contributed by atoms with Crippen molar-refractivity contribution in [2.75, 3.05) is 13.3 Å². The predicted octanol–water partition coefficient (Wildman–Crippen LogP) is 3.88. The van der Waals surface area contributed by atoms with Crippen molar-refractivity contribution < 1.29 is 9.53 Å². The first-order valence-corrected chi connectivity index (χ1v) is 8.33. The molecular weight excluding hydrogens is 300 g/mol. The maximum Gasteiger partial charge on any atom is 0.317 e. The normalized spacial score (nSPS) is 10.3. The molecule has 2 aromatic carbocycles. The molecule has 0 aliphatic carbocycles. The third kappa shape index (κ3) is 5.30. The van der Waals surface area contributed by atoms with Gasteiger partial charge >= 0.3 is 6.03 Å². The number of amides is 2. The van der Waals surface area contributed by atoms with Gasteiger partial charge in [0.25, 0.3) is 0 Å². The molecule has 2 amide bonds. The standard InChI is InChI=1S/C20H26N2O2/c1-15-11-12-16(2)19(17(15)3)24-14-22-20(23)21-13-7-10-18-8-5-4-6-9-18/h4-6,8-9,11-12H,7,10,13-14H2,1-3H3,(H2,21,22,23). The Kier molecular flexibility index (Phi) is 6.67. The van der Waals surface area contributed by atoms with Crippen molar-refractivity contribution in [3.05, 3.63) is 64.7 Å². The third-order valence-corrected chi connectivity index (χ3v) is 4.09. The molecule has 4 heteroatoms. The van der Waals surface area contributed by atoms with Gasteiger partial charge in [0.05, 0.1) is 0 Å². The monoisotopic (exact) mass is 326 g/mol. The number of rotatable bonds is 7. The van der Waals surface area contributed by atoms with Gasteiger partial charge in [0.15, 0.2) is 6.73 Å². The molecule has 0 aliphatic rings. The summed E-state index contributed by atoms with van der Waals surface area (Å²) in [6, 6.07) is 14.2. The summed E-state index contributed by atoms with van der Waals surface area (Å²) in [5.41, 5.74) is 4.65. The Balaban J connectivity index is 1.66. The second kappa shape index (κ2) is 8.96. The van der Waals surface area contributed by atoms with Crippen molar-refractivity contribution in [1.82, 2.24) is 10.6 Å². The van der Waals surface area contributed by atoms with Crippen LogP contribution in [0.2, 0.25) is 0 Å². The first-order valence-electron chi connectivity index (χ1n) is 8.33. The third-order valence-electron chi connectivity index (χ3n) is 4.09. The average molecular weight is 326 g/mol. The SMILES string of the molecule is Cc1ccc(C)c(OCNC(=O)NCCCc2ccccc2)c1C. The topological polar surface area (TPSA) is 50.4 Å². The lowest BCUT2D eigenvalue weighted by molar-refractivity contribution is 0.223. The lowest BCUT2D eigenvalue weighted by atomic mass is 10.1. The molecule has 0 saturated heterocycles. The summed E-state index contributed by atoms with van der Waals surface area (Å²) in [4.78, 5) is 11.8. The minimum atomic E-state index is -0.203. The molecule has 4 nitrogen and oxygen atoms in total. The number of urea groups is 1. The highest BCUT2D eigenvalue weighted by atomic mass is 16.5. The van der Waals surface area contributed by atoms with Crippen molar-refractivity contribution in [3.63, 3.8) is 0 Å². The van der Waals surface area contributed by atoms with E-state index < -0.39 is 0 Å². The average Bonchev–Trinajstić information content (AvgIpc) is 2.59. The van der Waals surface area contributed by atoms with E-state index in [9.17, 15) is 4.79 Å². The molecule has 0 heterocycles. The van der Waals surface area contributed by atoms with E-state index in [2.05, 4.69) is 35.8 Å². The maximum absolute atomic E-state index is 11.8. The van der Waals surface area contributed by atoms with E-state index in [1.807, 2.05) is 38.1 Å². The molecule has 0 radical (unpaired) electrons. The molecule has 2 rings (SSSR count). The molecule has 0 aliphatic heterocycles. The van der Waals surface area contributed by atoms with E-state index in [0.717, 1.165) is 29.7 Å². The lowest BCUT2D eigenvalue weighted by Gasteiger charge is -2.14. The summed E-state index contributed by atoms with van der Waals surface area (Å²) in [5, 5.41) is 5.58. The summed E-state index contributed by atoms with van der Waals surface area (Å²) < 4.78 is 5.72. The zero-order valence-electron chi connectivity index (χ0n) is 14.7. The van der Waals surface area contributed by atoms with E-state index in [4.69, 9.17) is 4.74 Å². The van der Waals surface area contributed by atoms with Crippen LogP contribution < -0.4 is 15.4 Å². The molecular formula is C20H26N2O2. The Bertz CT molecular complexity index is 669. The van der Waals surface area contributed by atoms with Gasteiger partial charge in [-0.2, -0.15) is 0 Å².